The predicted octanol–water partition coefficient (Wildman–Crippen LogP) is 20.6. The molecule has 6 heteroatoms. The lowest BCUT2D eigenvalue weighted by molar-refractivity contribution is -0.167. The van der Waals surface area contributed by atoms with Gasteiger partial charge in [-0.3, -0.25) is 14.4 Å². The van der Waals surface area contributed by atoms with Gasteiger partial charge in [0.05, 0.1) is 0 Å². The summed E-state index contributed by atoms with van der Waals surface area (Å²) in [6, 6.07) is 0. The van der Waals surface area contributed by atoms with E-state index in [-0.39, 0.29) is 31.1 Å². The van der Waals surface area contributed by atoms with Crippen molar-refractivity contribution in [1.29, 1.82) is 0 Å². The number of carbonyl (C=O) groups excluding carboxylic acids is 3. The molecule has 0 saturated carbocycles. The maximum atomic E-state index is 12.8. The van der Waals surface area contributed by atoms with Crippen molar-refractivity contribution >= 4 is 17.9 Å². The van der Waals surface area contributed by atoms with Crippen LogP contribution in [0.2, 0.25) is 0 Å². The second-order valence-corrected chi connectivity index (χ2v) is 20.6. The number of esters is 3. The summed E-state index contributed by atoms with van der Waals surface area (Å²) in [7, 11) is 0. The Kier molecular flexibility index (Phi) is 56.7. The third kappa shape index (κ3) is 56.3. The van der Waals surface area contributed by atoms with E-state index in [2.05, 4.69) is 69.4 Å². The van der Waals surface area contributed by atoms with E-state index >= 15 is 0 Å². The van der Waals surface area contributed by atoms with Crippen LogP contribution in [0.25, 0.3) is 0 Å². The van der Waals surface area contributed by atoms with Gasteiger partial charge in [0.25, 0.3) is 0 Å². The highest BCUT2D eigenvalue weighted by molar-refractivity contribution is 5.71. The van der Waals surface area contributed by atoms with E-state index in [0.717, 1.165) is 83.5 Å². The van der Waals surface area contributed by atoms with Gasteiger partial charge in [0, 0.05) is 19.3 Å². The SMILES string of the molecule is CC/C=C\C/C=C\C/C=C\C/C=C\CCCCCCCCCCCCCCCCCCCCCCC(=O)OCC(COC(=O)CCCCCCCCC)OC(=O)CCCCCCCCCCCCCC. The van der Waals surface area contributed by atoms with E-state index in [0.29, 0.717) is 19.3 Å². The molecule has 0 amide bonds. The average molecular weight is 982 g/mol. The standard InChI is InChI=1S/C64H116O6/c1-4-7-10-13-16-18-20-22-23-24-25-26-27-28-29-30-31-32-33-34-35-36-37-38-39-40-41-42-44-45-48-51-54-57-63(66)69-60-61(59-68-62(65)56-53-50-47-15-12-9-6-3)70-64(67)58-55-52-49-46-43-21-19-17-14-11-8-5-2/h7,10,16,18,22-23,25-26,61H,4-6,8-9,11-15,17,19-21,24,27-60H2,1-3H3/b10-7-,18-16-,23-22-,26-25-. The van der Waals surface area contributed by atoms with Crippen LogP contribution in [0.4, 0.5) is 0 Å². The van der Waals surface area contributed by atoms with Gasteiger partial charge >= 0.3 is 17.9 Å². The first-order valence-electron chi connectivity index (χ1n) is 30.6. The Hall–Kier alpha value is -2.63. The first-order valence-corrected chi connectivity index (χ1v) is 30.6. The van der Waals surface area contributed by atoms with E-state index in [9.17, 15) is 14.4 Å². The molecule has 1 unspecified atom stereocenters. The van der Waals surface area contributed by atoms with E-state index in [1.54, 1.807) is 0 Å². The summed E-state index contributed by atoms with van der Waals surface area (Å²) in [6.45, 7) is 6.52. The average Bonchev–Trinajstić information content (AvgIpc) is 3.36. The Morgan fingerprint density at radius 1 is 0.300 bits per heavy atom. The third-order valence-electron chi connectivity index (χ3n) is 13.6. The summed E-state index contributed by atoms with van der Waals surface area (Å²) in [5.41, 5.74) is 0. The number of hydrogen-bond donors (Lipinski definition) is 0. The topological polar surface area (TPSA) is 78.9 Å². The number of carbonyl (C=O) groups is 3. The van der Waals surface area contributed by atoms with Crippen LogP contribution in [0.5, 0.6) is 0 Å². The number of rotatable bonds is 56. The van der Waals surface area contributed by atoms with Gasteiger partial charge in [0.15, 0.2) is 6.10 Å². The fourth-order valence-electron chi connectivity index (χ4n) is 9.02. The molecule has 0 bridgehead atoms. The van der Waals surface area contributed by atoms with E-state index in [1.165, 1.54) is 199 Å². The normalized spacial score (nSPS) is 12.3. The minimum Gasteiger partial charge on any atom is -0.462 e. The highest BCUT2D eigenvalue weighted by atomic mass is 16.6. The van der Waals surface area contributed by atoms with Gasteiger partial charge < -0.3 is 14.2 Å². The number of unbranched alkanes of at least 4 members (excludes halogenated alkanes) is 37. The summed E-state index contributed by atoms with van der Waals surface area (Å²) in [5.74, 6) is -0.856. The minimum atomic E-state index is -0.763. The molecule has 0 aliphatic heterocycles. The molecule has 0 saturated heterocycles. The van der Waals surface area contributed by atoms with Crippen molar-refractivity contribution in [3.63, 3.8) is 0 Å². The van der Waals surface area contributed by atoms with Crippen LogP contribution in [-0.2, 0) is 28.6 Å². The molecule has 408 valence electrons. The van der Waals surface area contributed by atoms with E-state index in [4.69, 9.17) is 14.2 Å². The quantitative estimate of drug-likeness (QED) is 0.0261. The molecule has 0 N–H and O–H groups in total. The van der Waals surface area contributed by atoms with Crippen LogP contribution in [0.3, 0.4) is 0 Å². The first kappa shape index (κ1) is 67.4. The Morgan fingerprint density at radius 3 is 0.871 bits per heavy atom. The second kappa shape index (κ2) is 58.9. The highest BCUT2D eigenvalue weighted by Crippen LogP contribution is 2.17. The lowest BCUT2D eigenvalue weighted by atomic mass is 10.0. The molecule has 0 aliphatic rings. The van der Waals surface area contributed by atoms with Crippen LogP contribution < -0.4 is 0 Å². The molecular weight excluding hydrogens is 865 g/mol. The molecule has 0 aromatic carbocycles. The molecule has 0 heterocycles. The highest BCUT2D eigenvalue weighted by Gasteiger charge is 2.19. The molecule has 0 rings (SSSR count). The Morgan fingerprint density at radius 2 is 0.557 bits per heavy atom. The van der Waals surface area contributed by atoms with Crippen molar-refractivity contribution in [2.45, 2.75) is 329 Å². The largest absolute Gasteiger partial charge is 0.462 e. The number of hydrogen-bond acceptors (Lipinski definition) is 6. The van der Waals surface area contributed by atoms with Crippen molar-refractivity contribution in [2.75, 3.05) is 13.2 Å². The van der Waals surface area contributed by atoms with Gasteiger partial charge in [-0.2, -0.15) is 0 Å². The number of ether oxygens (including phenoxy) is 3. The summed E-state index contributed by atoms with van der Waals surface area (Å²) in [6.07, 6.45) is 73.0. The zero-order valence-electron chi connectivity index (χ0n) is 46.8. The smallest absolute Gasteiger partial charge is 0.306 e. The molecular formula is C64H116O6. The molecule has 0 aromatic heterocycles. The maximum absolute atomic E-state index is 12.8. The maximum Gasteiger partial charge on any atom is 0.306 e. The Balaban J connectivity index is 3.92. The van der Waals surface area contributed by atoms with Gasteiger partial charge in [0.1, 0.15) is 13.2 Å². The summed E-state index contributed by atoms with van der Waals surface area (Å²) >= 11 is 0. The van der Waals surface area contributed by atoms with Crippen molar-refractivity contribution in [3.05, 3.63) is 48.6 Å². The molecule has 0 aromatic rings. The molecule has 0 spiro atoms. The van der Waals surface area contributed by atoms with E-state index < -0.39 is 6.10 Å². The lowest BCUT2D eigenvalue weighted by Crippen LogP contribution is -2.30. The van der Waals surface area contributed by atoms with Crippen molar-refractivity contribution in [1.82, 2.24) is 0 Å². The van der Waals surface area contributed by atoms with Gasteiger partial charge in [-0.05, 0) is 57.8 Å². The van der Waals surface area contributed by atoms with E-state index in [1.807, 2.05) is 0 Å². The lowest BCUT2D eigenvalue weighted by Gasteiger charge is -2.18. The van der Waals surface area contributed by atoms with Gasteiger partial charge in [-0.15, -0.1) is 0 Å². The third-order valence-corrected chi connectivity index (χ3v) is 13.6. The van der Waals surface area contributed by atoms with Gasteiger partial charge in [-0.25, -0.2) is 0 Å². The molecule has 1 atom stereocenters. The minimum absolute atomic E-state index is 0.0664. The fourth-order valence-corrected chi connectivity index (χ4v) is 9.02. The molecule has 0 radical (unpaired) electrons. The zero-order valence-corrected chi connectivity index (χ0v) is 46.8. The van der Waals surface area contributed by atoms with Crippen molar-refractivity contribution in [2.24, 2.45) is 0 Å². The molecule has 0 aliphatic carbocycles. The van der Waals surface area contributed by atoms with Crippen LogP contribution in [-0.4, -0.2) is 37.2 Å². The summed E-state index contributed by atoms with van der Waals surface area (Å²) in [5, 5.41) is 0. The Labute approximate surface area is 435 Å². The Bertz CT molecular complexity index is 1220. The summed E-state index contributed by atoms with van der Waals surface area (Å²) in [4.78, 5) is 37.9. The fraction of sp³-hybridized carbons (Fsp3) is 0.828. The van der Waals surface area contributed by atoms with Gasteiger partial charge in [0.2, 0.25) is 0 Å². The van der Waals surface area contributed by atoms with Crippen LogP contribution in [0.15, 0.2) is 48.6 Å². The zero-order chi connectivity index (χ0) is 50.7. The van der Waals surface area contributed by atoms with Gasteiger partial charge in [-0.1, -0.05) is 294 Å². The van der Waals surface area contributed by atoms with Crippen LogP contribution in [0.1, 0.15) is 323 Å². The van der Waals surface area contributed by atoms with Crippen LogP contribution in [0, 0.1) is 0 Å². The number of allylic oxidation sites excluding steroid dienone is 8. The molecule has 0 fully saturated rings. The second-order valence-electron chi connectivity index (χ2n) is 20.6. The molecule has 70 heavy (non-hydrogen) atoms. The molecule has 6 nitrogen and oxygen atoms in total. The summed E-state index contributed by atoms with van der Waals surface area (Å²) < 4.78 is 16.8. The first-order chi connectivity index (χ1) is 34.5. The monoisotopic (exact) mass is 981 g/mol. The van der Waals surface area contributed by atoms with Crippen LogP contribution >= 0.6 is 0 Å². The predicted molar refractivity (Wildman–Crippen MR) is 302 cm³/mol. The van der Waals surface area contributed by atoms with Crippen molar-refractivity contribution in [3.8, 4) is 0 Å². The van der Waals surface area contributed by atoms with Crippen molar-refractivity contribution < 1.29 is 28.6 Å².